The lowest BCUT2D eigenvalue weighted by atomic mass is 10.3. The first-order valence-corrected chi connectivity index (χ1v) is 13.7. The fourth-order valence-corrected chi connectivity index (χ4v) is 6.29. The third-order valence-corrected chi connectivity index (χ3v) is 7.84. The number of fused-ring (bicyclic) bond motifs is 1. The normalized spacial score (nSPS) is 11.9. The van der Waals surface area contributed by atoms with E-state index in [0.717, 1.165) is 12.5 Å². The van der Waals surface area contributed by atoms with Crippen LogP contribution in [0.3, 0.4) is 0 Å². The molecule has 0 amide bonds. The van der Waals surface area contributed by atoms with Crippen LogP contribution < -0.4 is 13.8 Å². The van der Waals surface area contributed by atoms with Gasteiger partial charge in [0.15, 0.2) is 5.65 Å². The number of carbonyl (C=O) groups excluding carboxylic acids is 1. The minimum Gasteiger partial charge on any atom is -0.427 e. The summed E-state index contributed by atoms with van der Waals surface area (Å²) in [5.41, 5.74) is 1.69. The second-order valence-corrected chi connectivity index (χ2v) is 11.4. The van der Waals surface area contributed by atoms with Gasteiger partial charge >= 0.3 is 5.97 Å². The minimum absolute atomic E-state index is 0.0211. The highest BCUT2D eigenvalue weighted by Crippen LogP contribution is 2.25. The molecule has 2 aromatic heterocycles. The van der Waals surface area contributed by atoms with Crippen LogP contribution in [0.2, 0.25) is 0 Å². The lowest BCUT2D eigenvalue weighted by molar-refractivity contribution is -0.131. The largest absolute Gasteiger partial charge is 0.427 e. The van der Waals surface area contributed by atoms with Gasteiger partial charge < -0.3 is 10.1 Å². The van der Waals surface area contributed by atoms with Crippen LogP contribution in [-0.2, 0) is 24.8 Å². The summed E-state index contributed by atoms with van der Waals surface area (Å²) >= 11 is 0. The molecule has 0 spiro atoms. The van der Waals surface area contributed by atoms with Crippen LogP contribution in [0.1, 0.15) is 6.92 Å². The van der Waals surface area contributed by atoms with E-state index in [4.69, 9.17) is 4.74 Å². The molecule has 35 heavy (non-hydrogen) atoms. The summed E-state index contributed by atoms with van der Waals surface area (Å²) in [6, 6.07) is 12.5. The van der Waals surface area contributed by atoms with Crippen LogP contribution in [0, 0.1) is 0 Å². The number of carbonyl (C=O) groups is 1. The van der Waals surface area contributed by atoms with Gasteiger partial charge in [0, 0.05) is 18.8 Å². The molecule has 0 fully saturated rings. The molecule has 0 saturated carbocycles. The zero-order valence-corrected chi connectivity index (χ0v) is 20.4. The summed E-state index contributed by atoms with van der Waals surface area (Å²) in [4.78, 5) is 19.9. The second kappa shape index (κ2) is 8.96. The van der Waals surface area contributed by atoms with Crippen molar-refractivity contribution in [3.05, 3.63) is 60.9 Å². The average molecular weight is 517 g/mol. The fraction of sp³-hybridized carbons (Fsp3) is 0.143. The molecule has 4 rings (SSSR count). The van der Waals surface area contributed by atoms with E-state index in [1.807, 2.05) is 0 Å². The number of ether oxygens (including phenoxy) is 1. The number of aromatic nitrogens is 4. The molecule has 0 radical (unpaired) electrons. The zero-order chi connectivity index (χ0) is 25.4. The molecule has 0 bridgehead atoms. The topological polar surface area (TPSA) is 153 Å². The molecule has 2 heterocycles. The van der Waals surface area contributed by atoms with Crippen molar-refractivity contribution >= 4 is 54.4 Å². The molecule has 0 aliphatic heterocycles. The Morgan fingerprint density at radius 3 is 2.14 bits per heavy atom. The Labute approximate surface area is 201 Å². The van der Waals surface area contributed by atoms with Gasteiger partial charge in [0.2, 0.25) is 26.0 Å². The Morgan fingerprint density at radius 1 is 0.943 bits per heavy atom. The van der Waals surface area contributed by atoms with Crippen molar-refractivity contribution in [2.45, 2.75) is 6.92 Å². The van der Waals surface area contributed by atoms with Gasteiger partial charge in [-0.2, -0.15) is 13.8 Å². The third-order valence-electron chi connectivity index (χ3n) is 4.59. The van der Waals surface area contributed by atoms with Gasteiger partial charge in [-0.3, -0.25) is 4.79 Å². The van der Waals surface area contributed by atoms with Crippen LogP contribution in [0.5, 0.6) is 5.75 Å². The standard InChI is InChI=1S/C21H20N6O6S2/c1-14(28)33-19-10-8-17(9-11-19)26-20-15(13-23-26)12-22-21(25-20)24-16-4-6-18(7-5-16)27(34(2,29)30)35(3,31)32/h4-13H,1-3H3,(H,22,24,25). The van der Waals surface area contributed by atoms with Crippen molar-refractivity contribution in [1.82, 2.24) is 19.7 Å². The van der Waals surface area contributed by atoms with Gasteiger partial charge in [0.25, 0.3) is 0 Å². The van der Waals surface area contributed by atoms with E-state index in [1.165, 1.54) is 31.2 Å². The minimum atomic E-state index is -4.04. The van der Waals surface area contributed by atoms with Crippen LogP contribution in [0.15, 0.2) is 60.9 Å². The second-order valence-electron chi connectivity index (χ2n) is 7.51. The quantitative estimate of drug-likeness (QED) is 0.286. The molecular weight excluding hydrogens is 496 g/mol. The molecule has 1 N–H and O–H groups in total. The fourth-order valence-electron chi connectivity index (χ4n) is 3.31. The maximum Gasteiger partial charge on any atom is 0.308 e. The number of rotatable bonds is 7. The average Bonchev–Trinajstić information content (AvgIpc) is 3.16. The van der Waals surface area contributed by atoms with Gasteiger partial charge in [-0.15, -0.1) is 0 Å². The van der Waals surface area contributed by atoms with E-state index in [2.05, 4.69) is 20.4 Å². The first kappa shape index (κ1) is 24.1. The van der Waals surface area contributed by atoms with E-state index in [1.54, 1.807) is 41.3 Å². The number of esters is 1. The van der Waals surface area contributed by atoms with Gasteiger partial charge in [0.1, 0.15) is 5.75 Å². The van der Waals surface area contributed by atoms with Crippen molar-refractivity contribution in [3.63, 3.8) is 0 Å². The zero-order valence-electron chi connectivity index (χ0n) is 18.8. The van der Waals surface area contributed by atoms with E-state index in [0.29, 0.717) is 31.9 Å². The van der Waals surface area contributed by atoms with E-state index in [-0.39, 0.29) is 11.6 Å². The molecule has 0 unspecified atom stereocenters. The van der Waals surface area contributed by atoms with E-state index >= 15 is 0 Å². The molecule has 182 valence electrons. The maximum absolute atomic E-state index is 11.9. The van der Waals surface area contributed by atoms with E-state index in [9.17, 15) is 21.6 Å². The summed E-state index contributed by atoms with van der Waals surface area (Å²) < 4.78 is 54.8. The molecule has 0 saturated heterocycles. The maximum atomic E-state index is 11.9. The Balaban J connectivity index is 1.60. The molecule has 0 atom stereocenters. The SMILES string of the molecule is CC(=O)Oc1ccc(-n2ncc3cnc(Nc4ccc(N(S(C)(=O)=O)S(C)(=O)=O)cc4)nc32)cc1. The van der Waals surface area contributed by atoms with Crippen LogP contribution >= 0.6 is 0 Å². The van der Waals surface area contributed by atoms with Crippen molar-refractivity contribution in [1.29, 1.82) is 0 Å². The number of anilines is 3. The Kier molecular flexibility index (Phi) is 6.17. The molecule has 14 heteroatoms. The number of hydrogen-bond acceptors (Lipinski definition) is 10. The van der Waals surface area contributed by atoms with Gasteiger partial charge in [-0.1, -0.05) is 0 Å². The highest BCUT2D eigenvalue weighted by molar-refractivity contribution is 8.09. The highest BCUT2D eigenvalue weighted by atomic mass is 32.3. The number of benzene rings is 2. The van der Waals surface area contributed by atoms with Crippen molar-refractivity contribution in [2.24, 2.45) is 0 Å². The van der Waals surface area contributed by atoms with Crippen LogP contribution in [-0.4, -0.2) is 55.1 Å². The number of hydrogen-bond donors (Lipinski definition) is 1. The van der Waals surface area contributed by atoms with Gasteiger partial charge in [0.05, 0.1) is 35.5 Å². The molecule has 12 nitrogen and oxygen atoms in total. The van der Waals surface area contributed by atoms with Gasteiger partial charge in [-0.25, -0.2) is 26.5 Å². The molecule has 0 aliphatic rings. The van der Waals surface area contributed by atoms with Gasteiger partial charge in [-0.05, 0) is 48.5 Å². The van der Waals surface area contributed by atoms with Crippen molar-refractivity contribution in [2.75, 3.05) is 21.5 Å². The summed E-state index contributed by atoms with van der Waals surface area (Å²) in [5, 5.41) is 8.03. The molecule has 4 aromatic rings. The molecule has 2 aromatic carbocycles. The summed E-state index contributed by atoms with van der Waals surface area (Å²) in [6.45, 7) is 1.32. The molecule has 0 aliphatic carbocycles. The first-order chi connectivity index (χ1) is 16.4. The first-order valence-electron chi connectivity index (χ1n) is 9.99. The lowest BCUT2D eigenvalue weighted by Crippen LogP contribution is -2.35. The predicted molar refractivity (Wildman–Crippen MR) is 130 cm³/mol. The lowest BCUT2D eigenvalue weighted by Gasteiger charge is -2.19. The van der Waals surface area contributed by atoms with Crippen LogP contribution in [0.4, 0.5) is 17.3 Å². The molecular formula is C21H20N6O6S2. The Morgan fingerprint density at radius 2 is 1.57 bits per heavy atom. The summed E-state index contributed by atoms with van der Waals surface area (Å²) in [5.74, 6) is 0.231. The third kappa shape index (κ3) is 5.38. The van der Waals surface area contributed by atoms with E-state index < -0.39 is 26.0 Å². The Bertz CT molecular complexity index is 1580. The predicted octanol–water partition coefficient (Wildman–Crippen LogP) is 2.21. The smallest absolute Gasteiger partial charge is 0.308 e. The number of nitrogens with one attached hydrogen (secondary N) is 1. The number of sulfonamides is 2. The van der Waals surface area contributed by atoms with Crippen LogP contribution in [0.25, 0.3) is 16.7 Å². The van der Waals surface area contributed by atoms with Crippen molar-refractivity contribution < 1.29 is 26.4 Å². The summed E-state index contributed by atoms with van der Waals surface area (Å²) in [6.07, 6.45) is 4.83. The summed E-state index contributed by atoms with van der Waals surface area (Å²) in [7, 11) is -8.08. The number of nitrogens with zero attached hydrogens (tertiary/aromatic N) is 5. The Hall–Kier alpha value is -4.04. The highest BCUT2D eigenvalue weighted by Gasteiger charge is 2.27. The monoisotopic (exact) mass is 516 g/mol. The van der Waals surface area contributed by atoms with Crippen molar-refractivity contribution in [3.8, 4) is 11.4 Å².